The first-order valence-electron chi connectivity index (χ1n) is 5.66. The molecule has 6 heteroatoms. The summed E-state index contributed by atoms with van der Waals surface area (Å²) in [5.74, 6) is -0.904. The average Bonchev–Trinajstić information content (AvgIpc) is 2.34. The lowest BCUT2D eigenvalue weighted by Crippen LogP contribution is -2.27. The van der Waals surface area contributed by atoms with E-state index in [4.69, 9.17) is 9.39 Å². The van der Waals surface area contributed by atoms with Gasteiger partial charge in [0.2, 0.25) is 11.1 Å². The minimum atomic E-state index is -1.60. The van der Waals surface area contributed by atoms with Crippen molar-refractivity contribution in [2.75, 3.05) is 13.1 Å². The molecule has 0 saturated heterocycles. The zero-order valence-electron chi connectivity index (χ0n) is 10.5. The molecule has 5 nitrogen and oxygen atoms in total. The molecule has 1 aromatic carbocycles. The number of hydrogen-bond acceptors (Lipinski definition) is 4. The molecule has 1 rings (SSSR count). The highest BCUT2D eigenvalue weighted by atomic mass is 32.2. The van der Waals surface area contributed by atoms with Gasteiger partial charge in [0, 0.05) is 13.1 Å². The average molecular weight is 271 g/mol. The Morgan fingerprint density at radius 1 is 1.39 bits per heavy atom. The van der Waals surface area contributed by atoms with Crippen LogP contribution in [-0.4, -0.2) is 33.4 Å². The highest BCUT2D eigenvalue weighted by Crippen LogP contribution is 2.11. The second-order valence-corrected chi connectivity index (χ2v) is 4.88. The lowest BCUT2D eigenvalue weighted by Gasteiger charge is -2.17. The predicted molar refractivity (Wildman–Crippen MR) is 68.2 cm³/mol. The Morgan fingerprint density at radius 2 is 2.00 bits per heavy atom. The molecule has 1 unspecified atom stereocenters. The van der Waals surface area contributed by atoms with E-state index in [9.17, 15) is 9.00 Å². The SMILES string of the molecule is CCN(CCC(=O)O)OS(=O)c1ccc(C)cc1. The summed E-state index contributed by atoms with van der Waals surface area (Å²) in [6.07, 6.45) is -0.0427. The summed E-state index contributed by atoms with van der Waals surface area (Å²) >= 11 is -1.60. The third kappa shape index (κ3) is 4.95. The summed E-state index contributed by atoms with van der Waals surface area (Å²) in [4.78, 5) is 11.0. The van der Waals surface area contributed by atoms with Crippen LogP contribution in [0.1, 0.15) is 18.9 Å². The van der Waals surface area contributed by atoms with Gasteiger partial charge in [-0.2, -0.15) is 9.35 Å². The van der Waals surface area contributed by atoms with E-state index in [2.05, 4.69) is 0 Å². The van der Waals surface area contributed by atoms with Crippen molar-refractivity contribution in [3.63, 3.8) is 0 Å². The molecule has 1 atom stereocenters. The van der Waals surface area contributed by atoms with E-state index < -0.39 is 17.0 Å². The smallest absolute Gasteiger partial charge is 0.304 e. The molecule has 18 heavy (non-hydrogen) atoms. The maximum absolute atomic E-state index is 11.9. The lowest BCUT2D eigenvalue weighted by molar-refractivity contribution is -0.139. The maximum atomic E-state index is 11.9. The fourth-order valence-corrected chi connectivity index (χ4v) is 2.07. The van der Waals surface area contributed by atoms with Gasteiger partial charge in [-0.3, -0.25) is 4.79 Å². The van der Waals surface area contributed by atoms with Crippen LogP contribution < -0.4 is 0 Å². The largest absolute Gasteiger partial charge is 0.481 e. The van der Waals surface area contributed by atoms with Crippen molar-refractivity contribution in [2.45, 2.75) is 25.2 Å². The molecule has 1 N–H and O–H groups in total. The van der Waals surface area contributed by atoms with Crippen LogP contribution in [0, 0.1) is 6.92 Å². The van der Waals surface area contributed by atoms with Gasteiger partial charge in [-0.15, -0.1) is 0 Å². The van der Waals surface area contributed by atoms with Crippen LogP contribution in [0.5, 0.6) is 0 Å². The van der Waals surface area contributed by atoms with Gasteiger partial charge in [0.15, 0.2) is 0 Å². The van der Waals surface area contributed by atoms with Crippen molar-refractivity contribution in [1.82, 2.24) is 5.06 Å². The third-order valence-electron chi connectivity index (χ3n) is 2.31. The minimum Gasteiger partial charge on any atom is -0.481 e. The molecular formula is C12H17NO4S. The Labute approximate surface area is 109 Å². The summed E-state index contributed by atoms with van der Waals surface area (Å²) in [5.41, 5.74) is 1.08. The molecule has 0 bridgehead atoms. The van der Waals surface area contributed by atoms with Gasteiger partial charge < -0.3 is 5.11 Å². The first-order valence-corrected chi connectivity index (χ1v) is 6.74. The summed E-state index contributed by atoms with van der Waals surface area (Å²) in [5, 5.41) is 9.97. The number of carbonyl (C=O) groups is 1. The Balaban J connectivity index is 2.56. The van der Waals surface area contributed by atoms with Crippen LogP contribution in [0.15, 0.2) is 29.2 Å². The third-order valence-corrected chi connectivity index (χ3v) is 3.32. The molecule has 0 aliphatic rings. The van der Waals surface area contributed by atoms with Crippen LogP contribution >= 0.6 is 0 Å². The van der Waals surface area contributed by atoms with Gasteiger partial charge in [0.25, 0.3) is 0 Å². The number of nitrogens with zero attached hydrogens (tertiary/aromatic N) is 1. The quantitative estimate of drug-likeness (QED) is 0.765. The first-order chi connectivity index (χ1) is 8.52. The van der Waals surface area contributed by atoms with Gasteiger partial charge >= 0.3 is 5.97 Å². The van der Waals surface area contributed by atoms with Crippen molar-refractivity contribution in [1.29, 1.82) is 0 Å². The Morgan fingerprint density at radius 3 is 2.50 bits per heavy atom. The van der Waals surface area contributed by atoms with Gasteiger partial charge in [-0.1, -0.05) is 24.6 Å². The van der Waals surface area contributed by atoms with E-state index in [1.165, 1.54) is 5.06 Å². The summed E-state index contributed by atoms with van der Waals surface area (Å²) in [6, 6.07) is 7.17. The van der Waals surface area contributed by atoms with Crippen molar-refractivity contribution in [3.8, 4) is 0 Å². The molecule has 0 aliphatic heterocycles. The van der Waals surface area contributed by atoms with E-state index in [1.54, 1.807) is 12.1 Å². The van der Waals surface area contributed by atoms with E-state index in [0.29, 0.717) is 11.4 Å². The topological polar surface area (TPSA) is 66.8 Å². The lowest BCUT2D eigenvalue weighted by atomic mass is 10.2. The normalized spacial score (nSPS) is 12.6. The van der Waals surface area contributed by atoms with Gasteiger partial charge in [0.1, 0.15) is 0 Å². The zero-order valence-corrected chi connectivity index (χ0v) is 11.3. The summed E-state index contributed by atoms with van der Waals surface area (Å²) in [7, 11) is 0. The highest BCUT2D eigenvalue weighted by Gasteiger charge is 2.12. The molecule has 0 spiro atoms. The number of aryl methyl sites for hydroxylation is 1. The van der Waals surface area contributed by atoms with Crippen LogP contribution in [-0.2, 0) is 20.2 Å². The molecule has 0 amide bonds. The van der Waals surface area contributed by atoms with Gasteiger partial charge in [-0.25, -0.2) is 4.21 Å². The standard InChI is InChI=1S/C12H17NO4S/c1-3-13(9-8-12(14)15)17-18(16)11-6-4-10(2)5-7-11/h4-7H,3,8-9H2,1-2H3,(H,14,15). The number of benzene rings is 1. The molecule has 1 aromatic rings. The van der Waals surface area contributed by atoms with E-state index in [1.807, 2.05) is 26.0 Å². The first kappa shape index (κ1) is 14.8. The molecule has 0 saturated carbocycles. The number of carboxylic acids is 1. The fourth-order valence-electron chi connectivity index (χ4n) is 1.26. The molecular weight excluding hydrogens is 254 g/mol. The molecule has 0 radical (unpaired) electrons. The van der Waals surface area contributed by atoms with Crippen molar-refractivity contribution in [2.24, 2.45) is 0 Å². The van der Waals surface area contributed by atoms with Crippen molar-refractivity contribution < 1.29 is 18.4 Å². The molecule has 0 aliphatic carbocycles. The van der Waals surface area contributed by atoms with E-state index in [-0.39, 0.29) is 13.0 Å². The maximum Gasteiger partial charge on any atom is 0.304 e. The van der Waals surface area contributed by atoms with Crippen molar-refractivity contribution in [3.05, 3.63) is 29.8 Å². The number of hydroxylamine groups is 2. The summed E-state index contributed by atoms with van der Waals surface area (Å²) in [6.45, 7) is 4.45. The van der Waals surface area contributed by atoms with Crippen molar-refractivity contribution >= 4 is 17.0 Å². The number of carboxylic acid groups (broad SMARTS) is 1. The van der Waals surface area contributed by atoms with E-state index in [0.717, 1.165) is 5.56 Å². The van der Waals surface area contributed by atoms with Crippen LogP contribution in [0.2, 0.25) is 0 Å². The van der Waals surface area contributed by atoms with Crippen LogP contribution in [0.4, 0.5) is 0 Å². The van der Waals surface area contributed by atoms with Crippen LogP contribution in [0.25, 0.3) is 0 Å². The fraction of sp³-hybridized carbons (Fsp3) is 0.417. The Kier molecular flexibility index (Phi) is 5.97. The second-order valence-electron chi connectivity index (χ2n) is 3.79. The van der Waals surface area contributed by atoms with Gasteiger partial charge in [-0.05, 0) is 19.1 Å². The Hall–Kier alpha value is -1.24. The minimum absolute atomic E-state index is 0.0427. The highest BCUT2D eigenvalue weighted by molar-refractivity contribution is 7.80. The molecule has 0 fully saturated rings. The second kappa shape index (κ2) is 7.25. The number of rotatable bonds is 7. The Bertz CT molecular complexity index is 419. The van der Waals surface area contributed by atoms with E-state index >= 15 is 0 Å². The summed E-state index contributed by atoms with van der Waals surface area (Å²) < 4.78 is 17.1. The predicted octanol–water partition coefficient (Wildman–Crippen LogP) is 1.75. The van der Waals surface area contributed by atoms with Crippen LogP contribution in [0.3, 0.4) is 0 Å². The molecule has 0 heterocycles. The molecule has 100 valence electrons. The zero-order chi connectivity index (χ0) is 13.5. The number of hydrogen-bond donors (Lipinski definition) is 1. The van der Waals surface area contributed by atoms with Gasteiger partial charge in [0.05, 0.1) is 11.3 Å². The number of aliphatic carboxylic acids is 1. The molecule has 0 aromatic heterocycles. The monoisotopic (exact) mass is 271 g/mol.